The first kappa shape index (κ1) is 13.0. The average Bonchev–Trinajstić information content (AvgIpc) is 2.27. The molecule has 0 fully saturated rings. The maximum absolute atomic E-state index is 11.5. The fourth-order valence-corrected chi connectivity index (χ4v) is 2.08. The zero-order valence-electron chi connectivity index (χ0n) is 9.80. The Kier molecular flexibility index (Phi) is 4.32. The van der Waals surface area contributed by atoms with Crippen LogP contribution in [0.2, 0.25) is 0 Å². The van der Waals surface area contributed by atoms with E-state index in [-0.39, 0.29) is 5.75 Å². The number of aryl methyl sites for hydroxylation is 1. The highest BCUT2D eigenvalue weighted by molar-refractivity contribution is 7.89. The minimum absolute atomic E-state index is 0.131. The first-order chi connectivity index (χ1) is 7.45. The van der Waals surface area contributed by atoms with Crippen LogP contribution in [-0.4, -0.2) is 39.7 Å². The van der Waals surface area contributed by atoms with Crippen molar-refractivity contribution in [1.82, 2.24) is 4.31 Å². The first-order valence-electron chi connectivity index (χ1n) is 4.99. The van der Waals surface area contributed by atoms with Crippen LogP contribution < -0.4 is 4.74 Å². The zero-order chi connectivity index (χ0) is 12.2. The Bertz CT molecular complexity index is 423. The van der Waals surface area contributed by atoms with Gasteiger partial charge >= 0.3 is 0 Å². The summed E-state index contributed by atoms with van der Waals surface area (Å²) in [6, 6.07) is 7.42. The van der Waals surface area contributed by atoms with E-state index in [1.165, 1.54) is 4.31 Å². The van der Waals surface area contributed by atoms with Crippen LogP contribution in [0.3, 0.4) is 0 Å². The zero-order valence-corrected chi connectivity index (χ0v) is 10.6. The summed E-state index contributed by atoms with van der Waals surface area (Å²) in [6.45, 7) is 0. The molecular weight excluding hydrogens is 226 g/mol. The molecule has 5 heteroatoms. The van der Waals surface area contributed by atoms with Crippen LogP contribution in [0.25, 0.3) is 0 Å². The largest absolute Gasteiger partial charge is 0.497 e. The van der Waals surface area contributed by atoms with Gasteiger partial charge in [-0.1, -0.05) is 12.1 Å². The molecule has 0 aliphatic carbocycles. The quantitative estimate of drug-likeness (QED) is 0.779. The van der Waals surface area contributed by atoms with Crippen LogP contribution in [0, 0.1) is 0 Å². The standard InChI is InChI=1S/C11H17NO3S/c1-12(2)16(13,14)9-8-10-4-6-11(15-3)7-5-10/h4-7H,8-9H2,1-3H3. The van der Waals surface area contributed by atoms with Gasteiger partial charge in [0.15, 0.2) is 0 Å². The molecule has 1 aromatic carbocycles. The lowest BCUT2D eigenvalue weighted by atomic mass is 10.2. The molecule has 1 aromatic rings. The van der Waals surface area contributed by atoms with Gasteiger partial charge in [-0.15, -0.1) is 0 Å². The number of nitrogens with zero attached hydrogens (tertiary/aromatic N) is 1. The number of rotatable bonds is 5. The summed E-state index contributed by atoms with van der Waals surface area (Å²) in [4.78, 5) is 0. The molecule has 1 rings (SSSR count). The molecular formula is C11H17NO3S. The van der Waals surface area contributed by atoms with E-state index in [2.05, 4.69) is 0 Å². The highest BCUT2D eigenvalue weighted by atomic mass is 32.2. The summed E-state index contributed by atoms with van der Waals surface area (Å²) in [5.41, 5.74) is 0.992. The van der Waals surface area contributed by atoms with Gasteiger partial charge in [0.05, 0.1) is 12.9 Å². The number of methoxy groups -OCH3 is 1. The van der Waals surface area contributed by atoms with Gasteiger partial charge in [0.2, 0.25) is 10.0 Å². The van der Waals surface area contributed by atoms with E-state index in [0.717, 1.165) is 11.3 Å². The third-order valence-corrected chi connectivity index (χ3v) is 4.20. The number of sulfonamides is 1. The van der Waals surface area contributed by atoms with Crippen molar-refractivity contribution in [2.24, 2.45) is 0 Å². The van der Waals surface area contributed by atoms with Crippen LogP contribution >= 0.6 is 0 Å². The molecule has 0 heterocycles. The highest BCUT2D eigenvalue weighted by Crippen LogP contribution is 2.12. The molecule has 0 N–H and O–H groups in total. The van der Waals surface area contributed by atoms with Crippen molar-refractivity contribution in [1.29, 1.82) is 0 Å². The number of ether oxygens (including phenoxy) is 1. The van der Waals surface area contributed by atoms with Crippen molar-refractivity contribution in [3.05, 3.63) is 29.8 Å². The molecule has 0 atom stereocenters. The van der Waals surface area contributed by atoms with Gasteiger partial charge in [0, 0.05) is 14.1 Å². The van der Waals surface area contributed by atoms with Crippen molar-refractivity contribution < 1.29 is 13.2 Å². The van der Waals surface area contributed by atoms with Crippen molar-refractivity contribution in [3.63, 3.8) is 0 Å². The molecule has 4 nitrogen and oxygen atoms in total. The van der Waals surface area contributed by atoms with Gasteiger partial charge in [-0.2, -0.15) is 0 Å². The third-order valence-electron chi connectivity index (χ3n) is 2.36. The molecule has 90 valence electrons. The molecule has 0 bridgehead atoms. The molecule has 0 saturated carbocycles. The Morgan fingerprint density at radius 2 is 1.75 bits per heavy atom. The highest BCUT2D eigenvalue weighted by Gasteiger charge is 2.12. The lowest BCUT2D eigenvalue weighted by molar-refractivity contribution is 0.414. The summed E-state index contributed by atoms with van der Waals surface area (Å²) >= 11 is 0. The van der Waals surface area contributed by atoms with Gasteiger partial charge in [-0.05, 0) is 24.1 Å². The molecule has 16 heavy (non-hydrogen) atoms. The molecule has 0 aromatic heterocycles. The van der Waals surface area contributed by atoms with Crippen molar-refractivity contribution in [3.8, 4) is 5.75 Å². The smallest absolute Gasteiger partial charge is 0.213 e. The third kappa shape index (κ3) is 3.50. The molecule has 0 spiro atoms. The minimum Gasteiger partial charge on any atom is -0.497 e. The fraction of sp³-hybridized carbons (Fsp3) is 0.455. The summed E-state index contributed by atoms with van der Waals surface area (Å²) in [5.74, 6) is 0.908. The Hall–Kier alpha value is -1.07. The first-order valence-corrected chi connectivity index (χ1v) is 6.60. The van der Waals surface area contributed by atoms with E-state index in [0.29, 0.717) is 6.42 Å². The van der Waals surface area contributed by atoms with Gasteiger partial charge < -0.3 is 4.74 Å². The summed E-state index contributed by atoms with van der Waals surface area (Å²) in [6.07, 6.45) is 0.518. The van der Waals surface area contributed by atoms with Gasteiger partial charge in [0.1, 0.15) is 5.75 Å². The van der Waals surface area contributed by atoms with Crippen molar-refractivity contribution in [2.75, 3.05) is 27.0 Å². The van der Waals surface area contributed by atoms with E-state index in [9.17, 15) is 8.42 Å². The molecule has 0 radical (unpaired) electrons. The number of hydrogen-bond donors (Lipinski definition) is 0. The fourth-order valence-electron chi connectivity index (χ4n) is 1.22. The van der Waals surface area contributed by atoms with Gasteiger partial charge in [0.25, 0.3) is 0 Å². The second-order valence-corrected chi connectivity index (χ2v) is 6.00. The van der Waals surface area contributed by atoms with E-state index < -0.39 is 10.0 Å². The van der Waals surface area contributed by atoms with Gasteiger partial charge in [-0.25, -0.2) is 12.7 Å². The molecule has 0 unspecified atom stereocenters. The van der Waals surface area contributed by atoms with Crippen molar-refractivity contribution >= 4 is 10.0 Å². The summed E-state index contributed by atoms with van der Waals surface area (Å²) < 4.78 is 29.3. The van der Waals surface area contributed by atoms with Crippen LogP contribution in [0.4, 0.5) is 0 Å². The summed E-state index contributed by atoms with van der Waals surface area (Å²) in [5, 5.41) is 0. The predicted molar refractivity (Wildman–Crippen MR) is 64.2 cm³/mol. The van der Waals surface area contributed by atoms with Crippen LogP contribution in [-0.2, 0) is 16.4 Å². The Morgan fingerprint density at radius 1 is 1.19 bits per heavy atom. The Balaban J connectivity index is 2.62. The van der Waals surface area contributed by atoms with Crippen molar-refractivity contribution in [2.45, 2.75) is 6.42 Å². The van der Waals surface area contributed by atoms with E-state index >= 15 is 0 Å². The normalized spacial score (nSPS) is 11.8. The second kappa shape index (κ2) is 5.32. The number of benzene rings is 1. The maximum Gasteiger partial charge on any atom is 0.213 e. The monoisotopic (exact) mass is 243 g/mol. The minimum atomic E-state index is -3.11. The summed E-state index contributed by atoms with van der Waals surface area (Å²) in [7, 11) is 1.58. The average molecular weight is 243 g/mol. The lowest BCUT2D eigenvalue weighted by Gasteiger charge is -2.11. The number of hydrogen-bond acceptors (Lipinski definition) is 3. The van der Waals surface area contributed by atoms with Crippen LogP contribution in [0.5, 0.6) is 5.75 Å². The molecule has 0 amide bonds. The van der Waals surface area contributed by atoms with E-state index in [1.54, 1.807) is 21.2 Å². The molecule has 0 aliphatic rings. The van der Waals surface area contributed by atoms with Crippen LogP contribution in [0.1, 0.15) is 5.56 Å². The SMILES string of the molecule is COc1ccc(CCS(=O)(=O)N(C)C)cc1. The van der Waals surface area contributed by atoms with E-state index in [1.807, 2.05) is 24.3 Å². The lowest BCUT2D eigenvalue weighted by Crippen LogP contribution is -2.25. The van der Waals surface area contributed by atoms with Crippen LogP contribution in [0.15, 0.2) is 24.3 Å². The second-order valence-electron chi connectivity index (χ2n) is 3.70. The Labute approximate surface area is 96.9 Å². The Morgan fingerprint density at radius 3 is 2.19 bits per heavy atom. The van der Waals surface area contributed by atoms with E-state index in [4.69, 9.17) is 4.74 Å². The topological polar surface area (TPSA) is 46.6 Å². The molecule has 0 saturated heterocycles. The molecule has 0 aliphatic heterocycles. The van der Waals surface area contributed by atoms with Gasteiger partial charge in [-0.3, -0.25) is 0 Å². The predicted octanol–water partition coefficient (Wildman–Crippen LogP) is 1.13. The maximum atomic E-state index is 11.5.